The van der Waals surface area contributed by atoms with Crippen LogP contribution in [0.15, 0.2) is 54.6 Å². The minimum Gasteiger partial charge on any atom is -0.384 e. The van der Waals surface area contributed by atoms with Crippen LogP contribution >= 0.6 is 12.2 Å². The summed E-state index contributed by atoms with van der Waals surface area (Å²) in [4.78, 5) is 2.06. The Labute approximate surface area is 155 Å². The Balaban J connectivity index is 1.97. The molecule has 0 aliphatic heterocycles. The summed E-state index contributed by atoms with van der Waals surface area (Å²) in [7, 11) is 4.02. The first-order valence-corrected chi connectivity index (χ1v) is 8.69. The molecule has 2 rings (SSSR count). The van der Waals surface area contributed by atoms with E-state index in [2.05, 4.69) is 27.7 Å². The predicted molar refractivity (Wildman–Crippen MR) is 111 cm³/mol. The van der Waals surface area contributed by atoms with E-state index in [1.165, 1.54) is 0 Å². The molecular formula is C20H25N3OS. The van der Waals surface area contributed by atoms with Crippen molar-refractivity contribution in [3.05, 3.63) is 65.7 Å². The van der Waals surface area contributed by atoms with Crippen molar-refractivity contribution in [1.82, 2.24) is 5.32 Å². The summed E-state index contributed by atoms with van der Waals surface area (Å²) in [6.45, 7) is 2.77. The molecule has 4 nitrogen and oxygen atoms in total. The molecule has 5 heteroatoms. The highest BCUT2D eigenvalue weighted by molar-refractivity contribution is 7.80. The topological polar surface area (TPSA) is 47.5 Å². The van der Waals surface area contributed by atoms with Crippen molar-refractivity contribution in [2.45, 2.75) is 13.0 Å². The third-order valence-electron chi connectivity index (χ3n) is 3.73. The Morgan fingerprint density at radius 3 is 2.32 bits per heavy atom. The van der Waals surface area contributed by atoms with Gasteiger partial charge in [-0.2, -0.15) is 0 Å². The van der Waals surface area contributed by atoms with Gasteiger partial charge in [0.25, 0.3) is 0 Å². The fourth-order valence-corrected chi connectivity index (χ4v) is 2.56. The number of aliphatic hydroxyl groups excluding tert-OH is 1. The highest BCUT2D eigenvalue weighted by atomic mass is 32.1. The van der Waals surface area contributed by atoms with Gasteiger partial charge in [0, 0.05) is 32.0 Å². The van der Waals surface area contributed by atoms with Gasteiger partial charge in [0.05, 0.1) is 6.10 Å². The Morgan fingerprint density at radius 2 is 1.76 bits per heavy atom. The molecule has 1 unspecified atom stereocenters. The SMILES string of the molecule is CCNC(=S)Nc1ccc(C(O)/C=C/c2ccc(N(C)C)cc2)cc1. The molecule has 25 heavy (non-hydrogen) atoms. The lowest BCUT2D eigenvalue weighted by atomic mass is 10.1. The fourth-order valence-electron chi connectivity index (χ4n) is 2.30. The van der Waals surface area contributed by atoms with Crippen LogP contribution in [0, 0.1) is 0 Å². The molecular weight excluding hydrogens is 330 g/mol. The van der Waals surface area contributed by atoms with Gasteiger partial charge in [-0.05, 0) is 54.5 Å². The Morgan fingerprint density at radius 1 is 1.12 bits per heavy atom. The van der Waals surface area contributed by atoms with E-state index >= 15 is 0 Å². The maximum Gasteiger partial charge on any atom is 0.170 e. The molecule has 2 aromatic rings. The smallest absolute Gasteiger partial charge is 0.170 e. The van der Waals surface area contributed by atoms with Crippen LogP contribution in [0.1, 0.15) is 24.2 Å². The van der Waals surface area contributed by atoms with E-state index in [1.807, 2.05) is 63.5 Å². The highest BCUT2D eigenvalue weighted by Gasteiger charge is 2.04. The molecule has 2 aromatic carbocycles. The molecule has 0 saturated heterocycles. The van der Waals surface area contributed by atoms with Gasteiger partial charge >= 0.3 is 0 Å². The number of hydrogen-bond donors (Lipinski definition) is 3. The monoisotopic (exact) mass is 355 g/mol. The number of thiocarbonyl (C=S) groups is 1. The summed E-state index contributed by atoms with van der Waals surface area (Å²) in [5.74, 6) is 0. The number of benzene rings is 2. The second-order valence-corrected chi connectivity index (χ2v) is 6.30. The molecule has 0 aliphatic rings. The molecule has 0 spiro atoms. The zero-order valence-corrected chi connectivity index (χ0v) is 15.7. The summed E-state index contributed by atoms with van der Waals surface area (Å²) in [5, 5.41) is 17.1. The quantitative estimate of drug-likeness (QED) is 0.688. The van der Waals surface area contributed by atoms with Crippen LogP contribution < -0.4 is 15.5 Å². The largest absolute Gasteiger partial charge is 0.384 e. The summed E-state index contributed by atoms with van der Waals surface area (Å²) in [5.41, 5.74) is 3.93. The van der Waals surface area contributed by atoms with Gasteiger partial charge < -0.3 is 20.6 Å². The number of anilines is 2. The van der Waals surface area contributed by atoms with Crippen LogP contribution in [0.4, 0.5) is 11.4 Å². The van der Waals surface area contributed by atoms with E-state index in [9.17, 15) is 5.11 Å². The molecule has 0 radical (unpaired) electrons. The summed E-state index contributed by atoms with van der Waals surface area (Å²) < 4.78 is 0. The molecule has 0 aliphatic carbocycles. The van der Waals surface area contributed by atoms with Crippen molar-refractivity contribution in [2.24, 2.45) is 0 Å². The second kappa shape index (κ2) is 9.20. The molecule has 0 amide bonds. The number of rotatable bonds is 6. The third-order valence-corrected chi connectivity index (χ3v) is 3.97. The van der Waals surface area contributed by atoms with Crippen LogP contribution in [0.2, 0.25) is 0 Å². The lowest BCUT2D eigenvalue weighted by Crippen LogP contribution is -2.27. The van der Waals surface area contributed by atoms with Crippen molar-refractivity contribution >= 4 is 34.8 Å². The van der Waals surface area contributed by atoms with E-state index in [1.54, 1.807) is 6.08 Å². The van der Waals surface area contributed by atoms with Crippen molar-refractivity contribution in [3.8, 4) is 0 Å². The molecule has 3 N–H and O–H groups in total. The average molecular weight is 356 g/mol. The molecule has 0 aromatic heterocycles. The van der Waals surface area contributed by atoms with Crippen LogP contribution in [0.25, 0.3) is 6.08 Å². The van der Waals surface area contributed by atoms with Crippen molar-refractivity contribution < 1.29 is 5.11 Å². The lowest BCUT2D eigenvalue weighted by molar-refractivity contribution is 0.229. The zero-order chi connectivity index (χ0) is 18.2. The second-order valence-electron chi connectivity index (χ2n) is 5.90. The van der Waals surface area contributed by atoms with Crippen molar-refractivity contribution in [1.29, 1.82) is 0 Å². The van der Waals surface area contributed by atoms with E-state index in [0.29, 0.717) is 5.11 Å². The molecule has 0 fully saturated rings. The minimum absolute atomic E-state index is 0.594. The molecule has 132 valence electrons. The van der Waals surface area contributed by atoms with Gasteiger partial charge in [-0.15, -0.1) is 0 Å². The predicted octanol–water partition coefficient (Wildman–Crippen LogP) is 3.81. The first-order valence-electron chi connectivity index (χ1n) is 8.28. The Bertz CT molecular complexity index is 709. The highest BCUT2D eigenvalue weighted by Crippen LogP contribution is 2.19. The molecule has 1 atom stereocenters. The lowest BCUT2D eigenvalue weighted by Gasteiger charge is -2.12. The van der Waals surface area contributed by atoms with Crippen molar-refractivity contribution in [2.75, 3.05) is 30.9 Å². The van der Waals surface area contributed by atoms with E-state index in [-0.39, 0.29) is 0 Å². The standard InChI is InChI=1S/C20H25N3OS/c1-4-21-20(25)22-17-10-8-16(9-11-17)19(24)14-7-15-5-12-18(13-6-15)23(2)3/h5-14,19,24H,4H2,1-3H3,(H2,21,22,25)/b14-7+. The van der Waals surface area contributed by atoms with Gasteiger partial charge in [-0.1, -0.05) is 36.4 Å². The summed E-state index contributed by atoms with van der Waals surface area (Å²) in [6, 6.07) is 15.8. The maximum absolute atomic E-state index is 10.3. The van der Waals surface area contributed by atoms with Crippen molar-refractivity contribution in [3.63, 3.8) is 0 Å². The van der Waals surface area contributed by atoms with Crippen LogP contribution in [-0.4, -0.2) is 30.9 Å². The van der Waals surface area contributed by atoms with Gasteiger partial charge in [-0.3, -0.25) is 0 Å². The fraction of sp³-hybridized carbons (Fsp3) is 0.250. The van der Waals surface area contributed by atoms with E-state index < -0.39 is 6.10 Å². The summed E-state index contributed by atoms with van der Waals surface area (Å²) in [6.07, 6.45) is 3.07. The summed E-state index contributed by atoms with van der Waals surface area (Å²) >= 11 is 5.15. The van der Waals surface area contributed by atoms with Gasteiger partial charge in [0.1, 0.15) is 0 Å². The van der Waals surface area contributed by atoms with Gasteiger partial charge in [0.2, 0.25) is 0 Å². The normalized spacial score (nSPS) is 12.0. The van der Waals surface area contributed by atoms with Gasteiger partial charge in [-0.25, -0.2) is 0 Å². The molecule has 0 saturated carbocycles. The molecule has 0 heterocycles. The number of hydrogen-bond acceptors (Lipinski definition) is 3. The van der Waals surface area contributed by atoms with Crippen LogP contribution in [0.3, 0.4) is 0 Å². The Kier molecular flexibility index (Phi) is 6.98. The zero-order valence-electron chi connectivity index (χ0n) is 14.9. The average Bonchev–Trinajstić information content (AvgIpc) is 2.61. The van der Waals surface area contributed by atoms with E-state index in [4.69, 9.17) is 12.2 Å². The molecule has 0 bridgehead atoms. The van der Waals surface area contributed by atoms with Crippen LogP contribution in [-0.2, 0) is 0 Å². The Hall–Kier alpha value is -2.37. The van der Waals surface area contributed by atoms with Crippen LogP contribution in [0.5, 0.6) is 0 Å². The van der Waals surface area contributed by atoms with E-state index in [0.717, 1.165) is 29.0 Å². The maximum atomic E-state index is 10.3. The first-order chi connectivity index (χ1) is 12.0. The number of nitrogens with zero attached hydrogens (tertiary/aromatic N) is 1. The minimum atomic E-state index is -0.650. The number of aliphatic hydroxyl groups is 1. The third kappa shape index (κ3) is 5.89. The van der Waals surface area contributed by atoms with Gasteiger partial charge in [0.15, 0.2) is 5.11 Å². The number of nitrogens with one attached hydrogen (secondary N) is 2. The first kappa shape index (κ1) is 19.0.